The standard InChI is InChI=1S/C16H19N3O/c1-11-5-4-8-18-15(11)10-19-16(20)12(2)13-6-3-7-14(17)9-13/h3-9,12H,10,17H2,1-2H3,(H,19,20). The third kappa shape index (κ3) is 3.35. The Labute approximate surface area is 119 Å². The normalized spacial score (nSPS) is 11.9. The van der Waals surface area contributed by atoms with E-state index in [1.54, 1.807) is 6.20 Å². The maximum atomic E-state index is 12.2. The molecule has 0 aliphatic rings. The zero-order chi connectivity index (χ0) is 14.5. The highest BCUT2D eigenvalue weighted by Gasteiger charge is 2.15. The predicted octanol–water partition coefficient (Wildman–Crippen LogP) is 2.39. The Kier molecular flexibility index (Phi) is 4.35. The number of nitrogens with two attached hydrogens (primary N) is 1. The van der Waals surface area contributed by atoms with Gasteiger partial charge in [-0.15, -0.1) is 0 Å². The number of anilines is 1. The van der Waals surface area contributed by atoms with E-state index in [0.717, 1.165) is 16.8 Å². The van der Waals surface area contributed by atoms with Gasteiger partial charge in [-0.3, -0.25) is 9.78 Å². The average Bonchev–Trinajstić information content (AvgIpc) is 2.45. The lowest BCUT2D eigenvalue weighted by Crippen LogP contribution is -2.28. The zero-order valence-electron chi connectivity index (χ0n) is 11.8. The van der Waals surface area contributed by atoms with Crippen LogP contribution in [0.1, 0.15) is 29.7 Å². The summed E-state index contributed by atoms with van der Waals surface area (Å²) in [4.78, 5) is 16.4. The smallest absolute Gasteiger partial charge is 0.227 e. The highest BCUT2D eigenvalue weighted by Crippen LogP contribution is 2.18. The van der Waals surface area contributed by atoms with Gasteiger partial charge in [-0.05, 0) is 43.2 Å². The molecule has 0 saturated carbocycles. The van der Waals surface area contributed by atoms with E-state index in [4.69, 9.17) is 5.73 Å². The number of aryl methyl sites for hydroxylation is 1. The number of carbonyl (C=O) groups is 1. The molecule has 0 fully saturated rings. The number of hydrogen-bond donors (Lipinski definition) is 2. The van der Waals surface area contributed by atoms with E-state index in [0.29, 0.717) is 12.2 Å². The minimum absolute atomic E-state index is 0.0272. The Balaban J connectivity index is 2.00. The van der Waals surface area contributed by atoms with Crippen LogP contribution in [0.25, 0.3) is 0 Å². The number of amides is 1. The summed E-state index contributed by atoms with van der Waals surface area (Å²) in [5.74, 6) is -0.261. The second-order valence-electron chi connectivity index (χ2n) is 4.88. The summed E-state index contributed by atoms with van der Waals surface area (Å²) in [6.07, 6.45) is 1.73. The Morgan fingerprint density at radius 3 is 2.85 bits per heavy atom. The van der Waals surface area contributed by atoms with Gasteiger partial charge >= 0.3 is 0 Å². The molecule has 1 amide bonds. The predicted molar refractivity (Wildman–Crippen MR) is 80.1 cm³/mol. The number of benzene rings is 1. The molecule has 4 nitrogen and oxygen atoms in total. The number of aromatic nitrogens is 1. The number of carbonyl (C=O) groups excluding carboxylic acids is 1. The molecule has 2 aromatic rings. The number of pyridine rings is 1. The van der Waals surface area contributed by atoms with Crippen LogP contribution in [-0.4, -0.2) is 10.9 Å². The van der Waals surface area contributed by atoms with Gasteiger partial charge in [0.05, 0.1) is 18.2 Å². The number of nitrogens with zero attached hydrogens (tertiary/aromatic N) is 1. The van der Waals surface area contributed by atoms with Crippen molar-refractivity contribution in [2.24, 2.45) is 0 Å². The molecule has 104 valence electrons. The first kappa shape index (κ1) is 14.1. The topological polar surface area (TPSA) is 68.0 Å². The molecule has 1 heterocycles. The van der Waals surface area contributed by atoms with Crippen molar-refractivity contribution in [1.29, 1.82) is 0 Å². The van der Waals surface area contributed by atoms with Gasteiger partial charge in [0.2, 0.25) is 5.91 Å². The van der Waals surface area contributed by atoms with Crippen molar-refractivity contribution in [3.8, 4) is 0 Å². The van der Waals surface area contributed by atoms with Crippen LogP contribution in [0.2, 0.25) is 0 Å². The molecule has 0 spiro atoms. The van der Waals surface area contributed by atoms with Crippen molar-refractivity contribution in [2.75, 3.05) is 5.73 Å². The Bertz CT molecular complexity index is 610. The van der Waals surface area contributed by atoms with Crippen molar-refractivity contribution in [3.05, 3.63) is 59.4 Å². The summed E-state index contributed by atoms with van der Waals surface area (Å²) in [6, 6.07) is 11.3. The van der Waals surface area contributed by atoms with Crippen molar-refractivity contribution in [3.63, 3.8) is 0 Å². The van der Waals surface area contributed by atoms with Gasteiger partial charge in [-0.2, -0.15) is 0 Å². The molecule has 20 heavy (non-hydrogen) atoms. The molecule has 4 heteroatoms. The summed E-state index contributed by atoms with van der Waals surface area (Å²) in [7, 11) is 0. The molecule has 0 aliphatic heterocycles. The number of nitrogens with one attached hydrogen (secondary N) is 1. The molecule has 0 aliphatic carbocycles. The van der Waals surface area contributed by atoms with Gasteiger partial charge in [0, 0.05) is 11.9 Å². The first-order valence-electron chi connectivity index (χ1n) is 6.61. The molecular formula is C16H19N3O. The number of hydrogen-bond acceptors (Lipinski definition) is 3. The summed E-state index contributed by atoms with van der Waals surface area (Å²) >= 11 is 0. The van der Waals surface area contributed by atoms with Crippen molar-refractivity contribution >= 4 is 11.6 Å². The van der Waals surface area contributed by atoms with Crippen molar-refractivity contribution < 1.29 is 4.79 Å². The maximum Gasteiger partial charge on any atom is 0.227 e. The number of nitrogen functional groups attached to an aromatic ring is 1. The van der Waals surface area contributed by atoms with Crippen LogP contribution in [0, 0.1) is 6.92 Å². The SMILES string of the molecule is Cc1cccnc1CNC(=O)C(C)c1cccc(N)c1. The minimum Gasteiger partial charge on any atom is -0.399 e. The summed E-state index contributed by atoms with van der Waals surface area (Å²) < 4.78 is 0. The molecule has 0 saturated heterocycles. The molecule has 1 aromatic carbocycles. The fraction of sp³-hybridized carbons (Fsp3) is 0.250. The Morgan fingerprint density at radius 1 is 1.35 bits per heavy atom. The fourth-order valence-corrected chi connectivity index (χ4v) is 2.01. The maximum absolute atomic E-state index is 12.2. The van der Waals surface area contributed by atoms with Gasteiger partial charge in [0.25, 0.3) is 0 Å². The van der Waals surface area contributed by atoms with Crippen molar-refractivity contribution in [1.82, 2.24) is 10.3 Å². The molecule has 0 radical (unpaired) electrons. The third-order valence-corrected chi connectivity index (χ3v) is 3.35. The molecule has 1 unspecified atom stereocenters. The van der Waals surface area contributed by atoms with E-state index in [1.807, 2.05) is 50.2 Å². The van der Waals surface area contributed by atoms with Crippen LogP contribution < -0.4 is 11.1 Å². The highest BCUT2D eigenvalue weighted by molar-refractivity contribution is 5.83. The second-order valence-corrected chi connectivity index (χ2v) is 4.88. The Morgan fingerprint density at radius 2 is 2.15 bits per heavy atom. The molecule has 0 bridgehead atoms. The van der Waals surface area contributed by atoms with E-state index in [-0.39, 0.29) is 11.8 Å². The van der Waals surface area contributed by atoms with Gasteiger partial charge in [0.15, 0.2) is 0 Å². The lowest BCUT2D eigenvalue weighted by molar-refractivity contribution is -0.122. The first-order chi connectivity index (χ1) is 9.58. The number of rotatable bonds is 4. The molecule has 3 N–H and O–H groups in total. The van der Waals surface area contributed by atoms with Gasteiger partial charge in [-0.25, -0.2) is 0 Å². The van der Waals surface area contributed by atoms with Crippen LogP contribution in [0.15, 0.2) is 42.6 Å². The molecule has 1 atom stereocenters. The van der Waals surface area contributed by atoms with E-state index in [1.165, 1.54) is 0 Å². The summed E-state index contributed by atoms with van der Waals surface area (Å²) in [5, 5.41) is 2.92. The third-order valence-electron chi connectivity index (χ3n) is 3.35. The zero-order valence-corrected chi connectivity index (χ0v) is 11.8. The van der Waals surface area contributed by atoms with Crippen LogP contribution in [0.3, 0.4) is 0 Å². The molecule has 2 rings (SSSR count). The monoisotopic (exact) mass is 269 g/mol. The van der Waals surface area contributed by atoms with Crippen LogP contribution in [-0.2, 0) is 11.3 Å². The Hall–Kier alpha value is -2.36. The minimum atomic E-state index is -0.234. The van der Waals surface area contributed by atoms with Crippen LogP contribution in [0.4, 0.5) is 5.69 Å². The largest absolute Gasteiger partial charge is 0.399 e. The van der Waals surface area contributed by atoms with Crippen LogP contribution >= 0.6 is 0 Å². The van der Waals surface area contributed by atoms with E-state index < -0.39 is 0 Å². The van der Waals surface area contributed by atoms with Crippen LogP contribution in [0.5, 0.6) is 0 Å². The molecular weight excluding hydrogens is 250 g/mol. The van der Waals surface area contributed by atoms with Crippen molar-refractivity contribution in [2.45, 2.75) is 26.3 Å². The first-order valence-corrected chi connectivity index (χ1v) is 6.61. The van der Waals surface area contributed by atoms with Gasteiger partial charge in [-0.1, -0.05) is 18.2 Å². The lowest BCUT2D eigenvalue weighted by atomic mass is 10.00. The van der Waals surface area contributed by atoms with E-state index >= 15 is 0 Å². The van der Waals surface area contributed by atoms with E-state index in [2.05, 4.69) is 10.3 Å². The van der Waals surface area contributed by atoms with Gasteiger partial charge in [0.1, 0.15) is 0 Å². The fourth-order valence-electron chi connectivity index (χ4n) is 2.01. The average molecular weight is 269 g/mol. The second kappa shape index (κ2) is 6.19. The quantitative estimate of drug-likeness (QED) is 0.837. The summed E-state index contributed by atoms with van der Waals surface area (Å²) in [5.41, 5.74) is 9.29. The van der Waals surface area contributed by atoms with Gasteiger partial charge < -0.3 is 11.1 Å². The summed E-state index contributed by atoms with van der Waals surface area (Å²) in [6.45, 7) is 4.30. The highest BCUT2D eigenvalue weighted by atomic mass is 16.1. The van der Waals surface area contributed by atoms with E-state index in [9.17, 15) is 4.79 Å². The lowest BCUT2D eigenvalue weighted by Gasteiger charge is -2.13. The molecule has 1 aromatic heterocycles.